The number of Topliss-reactive ketones (excluding diaryl/α,β-unsaturated/α-hetero) is 1. The molecule has 1 aliphatic rings. The standard InChI is InChI=1S/C20H22N4O3S3/c1-13-10-17(14(2)24(13)16-8-9-30(26,27)12-16)18(25)11-28-20-23-22-19(29-20)21-15-6-4-3-5-7-15/h3-7,10,16H,8-9,11-12H2,1-2H3,(H,21,22)/t16-/m0/s1. The molecular formula is C20H22N4O3S3. The average molecular weight is 463 g/mol. The maximum absolute atomic E-state index is 12.8. The van der Waals surface area contributed by atoms with Crippen molar-refractivity contribution < 1.29 is 13.2 Å². The van der Waals surface area contributed by atoms with Crippen molar-refractivity contribution in [3.05, 3.63) is 53.3 Å². The van der Waals surface area contributed by atoms with E-state index in [1.165, 1.54) is 23.1 Å². The highest BCUT2D eigenvalue weighted by molar-refractivity contribution is 8.01. The molecule has 1 saturated heterocycles. The molecule has 0 aliphatic carbocycles. The van der Waals surface area contributed by atoms with Gasteiger partial charge >= 0.3 is 0 Å². The molecule has 0 unspecified atom stereocenters. The second-order valence-electron chi connectivity index (χ2n) is 7.29. The molecule has 0 amide bonds. The van der Waals surface area contributed by atoms with E-state index in [1.807, 2.05) is 54.8 Å². The van der Waals surface area contributed by atoms with Gasteiger partial charge in [-0.1, -0.05) is 41.3 Å². The van der Waals surface area contributed by atoms with Crippen molar-refractivity contribution in [3.63, 3.8) is 0 Å². The van der Waals surface area contributed by atoms with Crippen LogP contribution in [0.2, 0.25) is 0 Å². The van der Waals surface area contributed by atoms with E-state index in [-0.39, 0.29) is 29.1 Å². The van der Waals surface area contributed by atoms with E-state index < -0.39 is 9.84 Å². The molecule has 1 atom stereocenters. The number of anilines is 2. The number of rotatable bonds is 7. The van der Waals surface area contributed by atoms with Crippen molar-refractivity contribution in [2.24, 2.45) is 0 Å². The van der Waals surface area contributed by atoms with Crippen molar-refractivity contribution in [1.29, 1.82) is 0 Å². The molecule has 3 aromatic rings. The van der Waals surface area contributed by atoms with E-state index in [0.29, 0.717) is 17.1 Å². The minimum absolute atomic E-state index is 0.00738. The van der Waals surface area contributed by atoms with E-state index in [0.717, 1.165) is 21.4 Å². The first-order valence-corrected chi connectivity index (χ1v) is 13.2. The summed E-state index contributed by atoms with van der Waals surface area (Å²) in [7, 11) is -2.98. The van der Waals surface area contributed by atoms with Crippen molar-refractivity contribution in [1.82, 2.24) is 14.8 Å². The smallest absolute Gasteiger partial charge is 0.210 e. The summed E-state index contributed by atoms with van der Waals surface area (Å²) in [5.41, 5.74) is 3.34. The Balaban J connectivity index is 1.41. The SMILES string of the molecule is Cc1cc(C(=O)CSc2nnc(Nc3ccccc3)s2)c(C)n1[C@H]1CCS(=O)(=O)C1. The highest BCUT2D eigenvalue weighted by atomic mass is 32.2. The fourth-order valence-electron chi connectivity index (χ4n) is 3.77. The monoisotopic (exact) mass is 462 g/mol. The molecule has 7 nitrogen and oxygen atoms in total. The van der Waals surface area contributed by atoms with Gasteiger partial charge in [0, 0.05) is 28.7 Å². The Bertz CT molecular complexity index is 1170. The largest absolute Gasteiger partial charge is 0.344 e. The van der Waals surface area contributed by atoms with Gasteiger partial charge in [-0.25, -0.2) is 8.42 Å². The van der Waals surface area contributed by atoms with Crippen LogP contribution >= 0.6 is 23.1 Å². The van der Waals surface area contributed by atoms with Gasteiger partial charge in [-0.05, 0) is 38.5 Å². The first-order valence-electron chi connectivity index (χ1n) is 9.53. The maximum Gasteiger partial charge on any atom is 0.210 e. The quantitative estimate of drug-likeness (QED) is 0.418. The predicted octanol–water partition coefficient (Wildman–Crippen LogP) is 4.03. The van der Waals surface area contributed by atoms with Gasteiger partial charge in [0.1, 0.15) is 0 Å². The molecule has 0 spiro atoms. The Morgan fingerprint density at radius 1 is 1.27 bits per heavy atom. The highest BCUT2D eigenvalue weighted by Crippen LogP contribution is 2.31. The van der Waals surface area contributed by atoms with Gasteiger partial charge in [-0.3, -0.25) is 4.79 Å². The number of carbonyl (C=O) groups is 1. The lowest BCUT2D eigenvalue weighted by atomic mass is 10.2. The highest BCUT2D eigenvalue weighted by Gasteiger charge is 2.31. The molecule has 1 aliphatic heterocycles. The third-order valence-electron chi connectivity index (χ3n) is 5.12. The molecule has 4 rings (SSSR count). The van der Waals surface area contributed by atoms with Crippen LogP contribution < -0.4 is 5.32 Å². The predicted molar refractivity (Wildman–Crippen MR) is 121 cm³/mol. The molecular weight excluding hydrogens is 440 g/mol. The second kappa shape index (κ2) is 8.52. The number of carbonyl (C=O) groups excluding carboxylic acids is 1. The summed E-state index contributed by atoms with van der Waals surface area (Å²) in [4.78, 5) is 12.8. The Kier molecular flexibility index (Phi) is 5.99. The van der Waals surface area contributed by atoms with E-state index in [1.54, 1.807) is 0 Å². The molecule has 1 N–H and O–H groups in total. The maximum atomic E-state index is 12.8. The summed E-state index contributed by atoms with van der Waals surface area (Å²) in [6.07, 6.45) is 0.600. The van der Waals surface area contributed by atoms with Crippen LogP contribution in [0.3, 0.4) is 0 Å². The zero-order chi connectivity index (χ0) is 21.3. The lowest BCUT2D eigenvalue weighted by Crippen LogP contribution is -2.14. The summed E-state index contributed by atoms with van der Waals surface area (Å²) >= 11 is 2.76. The molecule has 1 fully saturated rings. The zero-order valence-electron chi connectivity index (χ0n) is 16.7. The Hall–Kier alpha value is -2.17. The topological polar surface area (TPSA) is 93.9 Å². The lowest BCUT2D eigenvalue weighted by molar-refractivity contribution is 0.102. The van der Waals surface area contributed by atoms with Crippen LogP contribution in [0, 0.1) is 13.8 Å². The van der Waals surface area contributed by atoms with Crippen LogP contribution in [-0.2, 0) is 9.84 Å². The van der Waals surface area contributed by atoms with Crippen LogP contribution in [-0.4, -0.2) is 46.2 Å². The Labute approximate surface area is 183 Å². The lowest BCUT2D eigenvalue weighted by Gasteiger charge is -2.16. The van der Waals surface area contributed by atoms with Crippen LogP contribution in [0.1, 0.15) is 34.2 Å². The van der Waals surface area contributed by atoms with Gasteiger partial charge in [-0.15, -0.1) is 10.2 Å². The van der Waals surface area contributed by atoms with Gasteiger partial charge in [0.25, 0.3) is 0 Å². The molecule has 158 valence electrons. The van der Waals surface area contributed by atoms with E-state index in [4.69, 9.17) is 0 Å². The third kappa shape index (κ3) is 4.60. The van der Waals surface area contributed by atoms with Gasteiger partial charge < -0.3 is 9.88 Å². The first-order chi connectivity index (χ1) is 14.3. The number of hydrogen-bond acceptors (Lipinski definition) is 8. The fourth-order valence-corrected chi connectivity index (χ4v) is 7.12. The van der Waals surface area contributed by atoms with Gasteiger partial charge in [-0.2, -0.15) is 0 Å². The summed E-state index contributed by atoms with van der Waals surface area (Å²) in [5.74, 6) is 0.624. The van der Waals surface area contributed by atoms with Crippen LogP contribution in [0.15, 0.2) is 40.7 Å². The van der Waals surface area contributed by atoms with Crippen molar-refractivity contribution in [2.45, 2.75) is 30.6 Å². The first kappa shape index (κ1) is 21.1. The molecule has 10 heteroatoms. The van der Waals surface area contributed by atoms with E-state index >= 15 is 0 Å². The number of para-hydroxylation sites is 1. The number of hydrogen-bond donors (Lipinski definition) is 1. The second-order valence-corrected chi connectivity index (χ2v) is 11.7. The normalized spacial score (nSPS) is 17.9. The number of benzene rings is 1. The van der Waals surface area contributed by atoms with Crippen LogP contribution in [0.5, 0.6) is 0 Å². The summed E-state index contributed by atoms with van der Waals surface area (Å²) in [6, 6.07) is 11.5. The van der Waals surface area contributed by atoms with Crippen LogP contribution in [0.4, 0.5) is 10.8 Å². The number of aryl methyl sites for hydroxylation is 1. The summed E-state index contributed by atoms with van der Waals surface area (Å²) in [5, 5.41) is 12.1. The number of sulfone groups is 1. The summed E-state index contributed by atoms with van der Waals surface area (Å²) < 4.78 is 26.4. The number of aromatic nitrogens is 3. The number of ketones is 1. The molecule has 0 radical (unpaired) electrons. The minimum atomic E-state index is -2.98. The van der Waals surface area contributed by atoms with Gasteiger partial charge in [0.15, 0.2) is 20.0 Å². The van der Waals surface area contributed by atoms with Crippen molar-refractivity contribution >= 4 is 49.5 Å². The van der Waals surface area contributed by atoms with Gasteiger partial charge in [0.05, 0.1) is 17.3 Å². The van der Waals surface area contributed by atoms with Crippen molar-refractivity contribution in [2.75, 3.05) is 22.6 Å². The molecule has 30 heavy (non-hydrogen) atoms. The number of nitrogens with zero attached hydrogens (tertiary/aromatic N) is 3. The Morgan fingerprint density at radius 3 is 2.73 bits per heavy atom. The van der Waals surface area contributed by atoms with E-state index in [9.17, 15) is 13.2 Å². The fraction of sp³-hybridized carbons (Fsp3) is 0.350. The zero-order valence-corrected chi connectivity index (χ0v) is 19.1. The molecule has 0 saturated carbocycles. The summed E-state index contributed by atoms with van der Waals surface area (Å²) in [6.45, 7) is 3.82. The Morgan fingerprint density at radius 2 is 2.03 bits per heavy atom. The molecule has 0 bridgehead atoms. The molecule has 1 aromatic carbocycles. The van der Waals surface area contributed by atoms with Crippen molar-refractivity contribution in [3.8, 4) is 0 Å². The van der Waals surface area contributed by atoms with Gasteiger partial charge in [0.2, 0.25) is 5.13 Å². The molecule has 2 aromatic heterocycles. The minimum Gasteiger partial charge on any atom is -0.344 e. The number of nitrogens with one attached hydrogen (secondary N) is 1. The van der Waals surface area contributed by atoms with Crippen LogP contribution in [0.25, 0.3) is 0 Å². The number of thioether (sulfide) groups is 1. The third-order valence-corrected chi connectivity index (χ3v) is 8.84. The molecule has 3 heterocycles. The average Bonchev–Trinajstić information content (AvgIpc) is 3.38. The van der Waals surface area contributed by atoms with E-state index in [2.05, 4.69) is 15.5 Å².